The number of halogens is 3. The molecule has 0 spiro atoms. The number of benzene rings is 1. The number of pyridine rings is 1. The zero-order valence-electron chi connectivity index (χ0n) is 8.95. The maximum Gasteiger partial charge on any atom is 0.256 e. The first-order valence-corrected chi connectivity index (χ1v) is 7.20. The van der Waals surface area contributed by atoms with Gasteiger partial charge in [-0.15, -0.1) is 0 Å². The minimum absolute atomic E-state index is 0.243. The number of amides is 1. The topological polar surface area (TPSA) is 42.0 Å². The molecule has 0 saturated carbocycles. The average molecular weight is 437 g/mol. The maximum absolute atomic E-state index is 12.0. The van der Waals surface area contributed by atoms with Gasteiger partial charge in [0.1, 0.15) is 5.82 Å². The first-order valence-electron chi connectivity index (χ1n) is 4.95. The molecule has 1 aromatic heterocycles. The van der Waals surface area contributed by atoms with Crippen LogP contribution in [0.1, 0.15) is 10.4 Å². The van der Waals surface area contributed by atoms with Gasteiger partial charge < -0.3 is 5.32 Å². The van der Waals surface area contributed by atoms with E-state index in [9.17, 15) is 4.79 Å². The maximum atomic E-state index is 12.0. The fourth-order valence-electron chi connectivity index (χ4n) is 1.29. The lowest BCUT2D eigenvalue weighted by atomic mass is 10.2. The smallest absolute Gasteiger partial charge is 0.256 e. The van der Waals surface area contributed by atoms with E-state index < -0.39 is 0 Å². The summed E-state index contributed by atoms with van der Waals surface area (Å²) < 4.78 is 1.64. The van der Waals surface area contributed by atoms with E-state index in [1.807, 2.05) is 6.07 Å². The number of hydrogen-bond donors (Lipinski definition) is 1. The first kappa shape index (κ1) is 13.8. The molecule has 0 aliphatic heterocycles. The summed E-state index contributed by atoms with van der Waals surface area (Å²) >= 11 is 11.4. The largest absolute Gasteiger partial charge is 0.306 e. The van der Waals surface area contributed by atoms with Crippen molar-refractivity contribution in [3.05, 3.63) is 55.2 Å². The van der Waals surface area contributed by atoms with Gasteiger partial charge in [-0.2, -0.15) is 0 Å². The molecule has 0 unspecified atom stereocenters. The van der Waals surface area contributed by atoms with E-state index in [2.05, 4.69) is 48.8 Å². The second-order valence-corrected chi connectivity index (χ2v) is 5.84. The van der Waals surface area contributed by atoms with Crippen LogP contribution in [-0.2, 0) is 0 Å². The summed E-state index contributed by atoms with van der Waals surface area (Å²) in [4.78, 5) is 16.1. The van der Waals surface area contributed by atoms with Crippen molar-refractivity contribution in [1.29, 1.82) is 0 Å². The van der Waals surface area contributed by atoms with Gasteiger partial charge >= 0.3 is 0 Å². The van der Waals surface area contributed by atoms with Crippen LogP contribution >= 0.6 is 50.1 Å². The van der Waals surface area contributed by atoms with Gasteiger partial charge in [-0.3, -0.25) is 4.79 Å². The van der Waals surface area contributed by atoms with Crippen molar-refractivity contribution < 1.29 is 4.79 Å². The number of carbonyl (C=O) groups excluding carboxylic acids is 1. The van der Waals surface area contributed by atoms with Crippen molar-refractivity contribution >= 4 is 61.8 Å². The summed E-state index contributed by atoms with van der Waals surface area (Å²) in [6, 6.07) is 8.74. The number of aromatic nitrogens is 1. The second kappa shape index (κ2) is 5.99. The van der Waals surface area contributed by atoms with E-state index in [0.29, 0.717) is 16.4 Å². The molecule has 1 aromatic carbocycles. The fourth-order valence-corrected chi connectivity index (χ4v) is 2.16. The van der Waals surface area contributed by atoms with Crippen LogP contribution in [0.4, 0.5) is 5.82 Å². The van der Waals surface area contributed by atoms with E-state index in [1.54, 1.807) is 30.5 Å². The minimum Gasteiger partial charge on any atom is -0.306 e. The third kappa shape index (κ3) is 3.21. The molecule has 0 aliphatic carbocycles. The standard InChI is InChI=1S/C12H7BrClIN2O/c13-8-2-1-5-16-11(8)17-12(18)7-3-4-10(15)9(14)6-7/h1-6H,(H,16,17,18). The molecule has 18 heavy (non-hydrogen) atoms. The van der Waals surface area contributed by atoms with Crippen LogP contribution in [0.15, 0.2) is 41.0 Å². The van der Waals surface area contributed by atoms with Crippen LogP contribution < -0.4 is 5.32 Å². The zero-order chi connectivity index (χ0) is 13.1. The normalized spacial score (nSPS) is 10.2. The quantitative estimate of drug-likeness (QED) is 0.710. The van der Waals surface area contributed by atoms with E-state index in [4.69, 9.17) is 11.6 Å². The second-order valence-electron chi connectivity index (χ2n) is 3.42. The van der Waals surface area contributed by atoms with Crippen LogP contribution in [0, 0.1) is 3.57 Å². The molecule has 0 atom stereocenters. The molecule has 0 bridgehead atoms. The summed E-state index contributed by atoms with van der Waals surface area (Å²) in [5.74, 6) is 0.241. The Morgan fingerprint density at radius 1 is 1.39 bits per heavy atom. The van der Waals surface area contributed by atoms with Crippen molar-refractivity contribution in [2.45, 2.75) is 0 Å². The van der Waals surface area contributed by atoms with Crippen molar-refractivity contribution in [2.24, 2.45) is 0 Å². The van der Waals surface area contributed by atoms with Crippen LogP contribution in [0.5, 0.6) is 0 Å². The molecule has 3 nitrogen and oxygen atoms in total. The van der Waals surface area contributed by atoms with E-state index in [1.165, 1.54) is 0 Å². The average Bonchev–Trinajstić information content (AvgIpc) is 2.35. The highest BCUT2D eigenvalue weighted by molar-refractivity contribution is 14.1. The Labute approximate surface area is 131 Å². The number of hydrogen-bond acceptors (Lipinski definition) is 2. The lowest BCUT2D eigenvalue weighted by molar-refractivity contribution is 0.102. The third-order valence-electron chi connectivity index (χ3n) is 2.17. The highest BCUT2D eigenvalue weighted by Crippen LogP contribution is 2.22. The van der Waals surface area contributed by atoms with Gasteiger partial charge in [0.15, 0.2) is 0 Å². The van der Waals surface area contributed by atoms with Gasteiger partial charge in [0, 0.05) is 15.3 Å². The summed E-state index contributed by atoms with van der Waals surface area (Å²) in [7, 11) is 0. The van der Waals surface area contributed by atoms with Crippen molar-refractivity contribution in [3.8, 4) is 0 Å². The Balaban J connectivity index is 2.22. The molecule has 0 fully saturated rings. The van der Waals surface area contributed by atoms with Crippen molar-refractivity contribution in [2.75, 3.05) is 5.32 Å². The SMILES string of the molecule is O=C(Nc1ncccc1Br)c1ccc(I)c(Cl)c1. The summed E-state index contributed by atoms with van der Waals surface area (Å²) in [6.45, 7) is 0. The Morgan fingerprint density at radius 3 is 2.83 bits per heavy atom. The van der Waals surface area contributed by atoms with Gasteiger partial charge in [-0.25, -0.2) is 4.98 Å². The highest BCUT2D eigenvalue weighted by atomic mass is 127. The Bertz CT molecular complexity index is 606. The van der Waals surface area contributed by atoms with Crippen LogP contribution in [0.3, 0.4) is 0 Å². The zero-order valence-corrected chi connectivity index (χ0v) is 13.5. The Kier molecular flexibility index (Phi) is 4.58. The van der Waals surface area contributed by atoms with Crippen molar-refractivity contribution in [3.63, 3.8) is 0 Å². The van der Waals surface area contributed by atoms with E-state index in [0.717, 1.165) is 8.04 Å². The summed E-state index contributed by atoms with van der Waals surface area (Å²) in [5, 5.41) is 3.27. The van der Waals surface area contributed by atoms with Crippen LogP contribution in [0.2, 0.25) is 5.02 Å². The van der Waals surface area contributed by atoms with Gasteiger partial charge in [0.05, 0.1) is 9.50 Å². The predicted molar refractivity (Wildman–Crippen MR) is 84.1 cm³/mol. The summed E-state index contributed by atoms with van der Waals surface area (Å²) in [6.07, 6.45) is 1.61. The number of rotatable bonds is 2. The number of carbonyl (C=O) groups is 1. The van der Waals surface area contributed by atoms with Gasteiger partial charge in [0.2, 0.25) is 0 Å². The molecule has 6 heteroatoms. The Morgan fingerprint density at radius 2 is 2.17 bits per heavy atom. The minimum atomic E-state index is -0.243. The number of anilines is 1. The number of nitrogens with zero attached hydrogens (tertiary/aromatic N) is 1. The lowest BCUT2D eigenvalue weighted by Crippen LogP contribution is -2.13. The molecule has 92 valence electrons. The first-order chi connectivity index (χ1) is 8.58. The van der Waals surface area contributed by atoms with Gasteiger partial charge in [-0.1, -0.05) is 11.6 Å². The highest BCUT2D eigenvalue weighted by Gasteiger charge is 2.10. The molecular formula is C12H7BrClIN2O. The lowest BCUT2D eigenvalue weighted by Gasteiger charge is -2.06. The molecule has 0 aliphatic rings. The molecule has 1 amide bonds. The van der Waals surface area contributed by atoms with Gasteiger partial charge in [0.25, 0.3) is 5.91 Å². The predicted octanol–water partition coefficient (Wildman–Crippen LogP) is 4.35. The summed E-state index contributed by atoms with van der Waals surface area (Å²) in [5.41, 5.74) is 0.498. The van der Waals surface area contributed by atoms with Crippen LogP contribution in [0.25, 0.3) is 0 Å². The Hall–Kier alpha value is -0.660. The molecule has 0 radical (unpaired) electrons. The molecule has 1 heterocycles. The third-order valence-corrected chi connectivity index (χ3v) is 4.38. The number of nitrogens with one attached hydrogen (secondary N) is 1. The molecule has 1 N–H and O–H groups in total. The van der Waals surface area contributed by atoms with Crippen molar-refractivity contribution in [1.82, 2.24) is 4.98 Å². The molecule has 0 saturated heterocycles. The molecule has 2 aromatic rings. The van der Waals surface area contributed by atoms with Gasteiger partial charge in [-0.05, 0) is 68.9 Å². The molecule has 2 rings (SSSR count). The van der Waals surface area contributed by atoms with E-state index in [-0.39, 0.29) is 5.91 Å². The fraction of sp³-hybridized carbons (Fsp3) is 0. The molecular weight excluding hydrogens is 430 g/mol. The monoisotopic (exact) mass is 436 g/mol. The van der Waals surface area contributed by atoms with Crippen LogP contribution in [-0.4, -0.2) is 10.9 Å². The van der Waals surface area contributed by atoms with E-state index >= 15 is 0 Å².